The van der Waals surface area contributed by atoms with Gasteiger partial charge in [0.2, 0.25) is 6.29 Å². The Balaban J connectivity index is 2.01. The normalized spacial score (nSPS) is 23.4. The molecule has 0 aliphatic carbocycles. The van der Waals surface area contributed by atoms with Crippen LogP contribution in [0.2, 0.25) is 0 Å². The summed E-state index contributed by atoms with van der Waals surface area (Å²) in [4.78, 5) is 14.0. The average molecular weight is 241 g/mol. The van der Waals surface area contributed by atoms with Gasteiger partial charge in [-0.15, -0.1) is 0 Å². The van der Waals surface area contributed by atoms with Crippen molar-refractivity contribution in [1.29, 1.82) is 0 Å². The summed E-state index contributed by atoms with van der Waals surface area (Å²) in [6.45, 7) is 1.12. The van der Waals surface area contributed by atoms with E-state index in [9.17, 15) is 4.57 Å². The minimum atomic E-state index is -3.53. The largest absolute Gasteiger partial charge is 0.362 e. The Labute approximate surface area is 93.2 Å². The Morgan fingerprint density at radius 3 is 2.81 bits per heavy atom. The molecule has 5 nitrogen and oxygen atoms in total. The molecule has 0 fully saturated rings. The first kappa shape index (κ1) is 11.3. The molecule has 16 heavy (non-hydrogen) atoms. The third-order valence-corrected chi connectivity index (χ3v) is 2.69. The molecule has 1 N–H and O–H groups in total. The van der Waals surface area contributed by atoms with E-state index in [1.54, 1.807) is 0 Å². The molecule has 1 heterocycles. The molecule has 1 aliphatic heterocycles. The van der Waals surface area contributed by atoms with E-state index in [-0.39, 0.29) is 0 Å². The SMILES string of the molecule is CP(=O)(O)OC1CC(c2ccccc2)=NO1. The number of hydrogen-bond donors (Lipinski definition) is 1. The highest BCUT2D eigenvalue weighted by atomic mass is 31.2. The summed E-state index contributed by atoms with van der Waals surface area (Å²) in [5, 5.41) is 3.83. The van der Waals surface area contributed by atoms with Gasteiger partial charge in [-0.1, -0.05) is 35.5 Å². The minimum Gasteiger partial charge on any atom is -0.362 e. The van der Waals surface area contributed by atoms with Crippen LogP contribution in [0.4, 0.5) is 0 Å². The van der Waals surface area contributed by atoms with Gasteiger partial charge in [0.05, 0.1) is 12.1 Å². The van der Waals surface area contributed by atoms with Crippen molar-refractivity contribution >= 4 is 13.3 Å². The fourth-order valence-corrected chi connectivity index (χ4v) is 1.98. The van der Waals surface area contributed by atoms with Crippen LogP contribution in [0.5, 0.6) is 0 Å². The molecule has 2 unspecified atom stereocenters. The van der Waals surface area contributed by atoms with Crippen molar-refractivity contribution in [3.05, 3.63) is 35.9 Å². The predicted octanol–water partition coefficient (Wildman–Crippen LogP) is 1.97. The summed E-state index contributed by atoms with van der Waals surface area (Å²) < 4.78 is 15.8. The van der Waals surface area contributed by atoms with Crippen LogP contribution in [0.1, 0.15) is 12.0 Å². The molecule has 6 heteroatoms. The van der Waals surface area contributed by atoms with E-state index in [4.69, 9.17) is 14.3 Å². The first-order chi connectivity index (χ1) is 7.54. The molecule has 0 spiro atoms. The Morgan fingerprint density at radius 2 is 2.19 bits per heavy atom. The number of oxime groups is 1. The van der Waals surface area contributed by atoms with Gasteiger partial charge >= 0.3 is 7.60 Å². The van der Waals surface area contributed by atoms with E-state index in [0.717, 1.165) is 17.9 Å². The van der Waals surface area contributed by atoms with Gasteiger partial charge in [-0.3, -0.25) is 9.09 Å². The number of benzene rings is 1. The Bertz CT molecular complexity index is 439. The predicted molar refractivity (Wildman–Crippen MR) is 59.3 cm³/mol. The molecular weight excluding hydrogens is 229 g/mol. The molecule has 0 saturated carbocycles. The number of rotatable bonds is 3. The van der Waals surface area contributed by atoms with Crippen molar-refractivity contribution in [2.75, 3.05) is 6.66 Å². The van der Waals surface area contributed by atoms with E-state index in [1.807, 2.05) is 30.3 Å². The van der Waals surface area contributed by atoms with E-state index >= 15 is 0 Å². The van der Waals surface area contributed by atoms with Crippen molar-refractivity contribution in [3.63, 3.8) is 0 Å². The van der Waals surface area contributed by atoms with Gasteiger partial charge < -0.3 is 9.73 Å². The molecule has 0 radical (unpaired) electrons. The van der Waals surface area contributed by atoms with Crippen LogP contribution >= 0.6 is 7.60 Å². The maximum absolute atomic E-state index is 11.0. The van der Waals surface area contributed by atoms with Gasteiger partial charge in [0.15, 0.2) is 0 Å². The van der Waals surface area contributed by atoms with Crippen LogP contribution in [0, 0.1) is 0 Å². The van der Waals surface area contributed by atoms with Crippen molar-refractivity contribution in [2.45, 2.75) is 12.7 Å². The lowest BCUT2D eigenvalue weighted by Crippen LogP contribution is -2.11. The van der Waals surface area contributed by atoms with Gasteiger partial charge in [-0.25, -0.2) is 0 Å². The summed E-state index contributed by atoms with van der Waals surface area (Å²) >= 11 is 0. The summed E-state index contributed by atoms with van der Waals surface area (Å²) in [7, 11) is -3.53. The standard InChI is InChI=1S/C10H12NO4P/c1-16(12,13)15-10-7-9(11-14-10)8-5-3-2-4-6-8/h2-6,10H,7H2,1H3,(H,12,13). The van der Waals surface area contributed by atoms with Gasteiger partial charge in [-0.05, 0) is 5.56 Å². The first-order valence-electron chi connectivity index (χ1n) is 4.81. The maximum atomic E-state index is 11.0. The van der Waals surface area contributed by atoms with E-state index in [0.29, 0.717) is 6.42 Å². The monoisotopic (exact) mass is 241 g/mol. The maximum Gasteiger partial charge on any atom is 0.328 e. The number of nitrogens with zero attached hydrogens (tertiary/aromatic N) is 1. The first-order valence-corrected chi connectivity index (χ1v) is 6.84. The fourth-order valence-electron chi connectivity index (χ4n) is 1.43. The lowest BCUT2D eigenvalue weighted by molar-refractivity contribution is -0.0613. The summed E-state index contributed by atoms with van der Waals surface area (Å²) in [6, 6.07) is 9.48. The second kappa shape index (κ2) is 4.37. The minimum absolute atomic E-state index is 0.377. The molecular formula is C10H12NO4P. The van der Waals surface area contributed by atoms with E-state index < -0.39 is 13.9 Å². The zero-order valence-electron chi connectivity index (χ0n) is 8.74. The average Bonchev–Trinajstić information content (AvgIpc) is 2.65. The molecule has 0 saturated heterocycles. The van der Waals surface area contributed by atoms with Crippen LogP contribution in [-0.2, 0) is 13.9 Å². The van der Waals surface area contributed by atoms with Crippen LogP contribution in [0.25, 0.3) is 0 Å². The van der Waals surface area contributed by atoms with Crippen LogP contribution in [0.15, 0.2) is 35.5 Å². The molecule has 0 amide bonds. The van der Waals surface area contributed by atoms with Gasteiger partial charge in [-0.2, -0.15) is 0 Å². The smallest absolute Gasteiger partial charge is 0.328 e. The highest BCUT2D eigenvalue weighted by Gasteiger charge is 2.27. The summed E-state index contributed by atoms with van der Waals surface area (Å²) in [6.07, 6.45) is -0.390. The molecule has 86 valence electrons. The fraction of sp³-hybridized carbons (Fsp3) is 0.300. The van der Waals surface area contributed by atoms with Crippen molar-refractivity contribution in [3.8, 4) is 0 Å². The van der Waals surface area contributed by atoms with Crippen LogP contribution in [-0.4, -0.2) is 23.6 Å². The molecule has 2 atom stereocenters. The highest BCUT2D eigenvalue weighted by molar-refractivity contribution is 7.51. The zero-order valence-corrected chi connectivity index (χ0v) is 9.63. The lowest BCUT2D eigenvalue weighted by atomic mass is 10.1. The molecule has 1 aliphatic rings. The van der Waals surface area contributed by atoms with Gasteiger partial charge in [0, 0.05) is 6.66 Å². The molecule has 1 aromatic carbocycles. The molecule has 0 aromatic heterocycles. The Morgan fingerprint density at radius 1 is 1.50 bits per heavy atom. The second-order valence-electron chi connectivity index (χ2n) is 3.55. The van der Waals surface area contributed by atoms with Crippen molar-refractivity contribution in [2.24, 2.45) is 5.16 Å². The topological polar surface area (TPSA) is 68.1 Å². The highest BCUT2D eigenvalue weighted by Crippen LogP contribution is 2.40. The van der Waals surface area contributed by atoms with E-state index in [1.165, 1.54) is 0 Å². The third kappa shape index (κ3) is 2.92. The van der Waals surface area contributed by atoms with Gasteiger partial charge in [0.25, 0.3) is 0 Å². The quantitative estimate of drug-likeness (QED) is 0.821. The zero-order chi connectivity index (χ0) is 11.6. The van der Waals surface area contributed by atoms with Gasteiger partial charge in [0.1, 0.15) is 0 Å². The Kier molecular flexibility index (Phi) is 3.10. The summed E-state index contributed by atoms with van der Waals surface area (Å²) in [5.41, 5.74) is 1.65. The Hall–Kier alpha value is -1.16. The molecule has 0 bridgehead atoms. The molecule has 2 rings (SSSR count). The lowest BCUT2D eigenvalue weighted by Gasteiger charge is -2.11. The third-order valence-electron chi connectivity index (χ3n) is 2.06. The van der Waals surface area contributed by atoms with E-state index in [2.05, 4.69) is 5.16 Å². The summed E-state index contributed by atoms with van der Waals surface area (Å²) in [5.74, 6) is 0. The molecule has 1 aromatic rings. The second-order valence-corrected chi connectivity index (χ2v) is 5.37. The van der Waals surface area contributed by atoms with Crippen molar-refractivity contribution in [1.82, 2.24) is 0 Å². The van der Waals surface area contributed by atoms with Crippen LogP contribution in [0.3, 0.4) is 0 Å². The van der Waals surface area contributed by atoms with Crippen LogP contribution < -0.4 is 0 Å². The number of hydrogen-bond acceptors (Lipinski definition) is 4. The van der Waals surface area contributed by atoms with Crippen molar-refractivity contribution < 1.29 is 18.8 Å².